The van der Waals surface area contributed by atoms with Crippen LogP contribution in [0.2, 0.25) is 5.02 Å². The number of nitrogens with zero attached hydrogens (tertiary/aromatic N) is 1. The molecule has 3 aromatic carbocycles. The maximum Gasteiger partial charge on any atom is 0.203 e. The standard InChI is InChI=1S/C27H31ClN2O3.ClH/c1-31-25-16-21(17-26(32-2)27(25)33-3)20-6-4-5-19(15-20)18-30(24-11-13-29-14-12-24)23-9-7-22(28)8-10-23;/h4-10,15-17,24,29H,11-14,18H2,1-3H3;1H. The summed E-state index contributed by atoms with van der Waals surface area (Å²) in [5.41, 5.74) is 4.57. The van der Waals surface area contributed by atoms with Crippen LogP contribution in [0.25, 0.3) is 11.1 Å². The van der Waals surface area contributed by atoms with Crippen LogP contribution in [0.3, 0.4) is 0 Å². The van der Waals surface area contributed by atoms with Crippen molar-refractivity contribution >= 4 is 29.7 Å². The summed E-state index contributed by atoms with van der Waals surface area (Å²) in [5, 5.41) is 4.23. The van der Waals surface area contributed by atoms with Crippen LogP contribution < -0.4 is 24.4 Å². The van der Waals surface area contributed by atoms with Crippen molar-refractivity contribution in [3.8, 4) is 28.4 Å². The smallest absolute Gasteiger partial charge is 0.203 e. The second kappa shape index (κ2) is 12.2. The van der Waals surface area contributed by atoms with Crippen LogP contribution in [-0.2, 0) is 6.54 Å². The van der Waals surface area contributed by atoms with Gasteiger partial charge in [-0.15, -0.1) is 12.4 Å². The van der Waals surface area contributed by atoms with E-state index in [0.29, 0.717) is 23.3 Å². The Labute approximate surface area is 213 Å². The molecule has 0 amide bonds. The number of hydrogen-bond acceptors (Lipinski definition) is 5. The zero-order valence-electron chi connectivity index (χ0n) is 19.8. The molecule has 0 aromatic heterocycles. The summed E-state index contributed by atoms with van der Waals surface area (Å²) in [6.45, 7) is 2.91. The normalized spacial score (nSPS) is 13.6. The highest BCUT2D eigenvalue weighted by atomic mass is 35.5. The van der Waals surface area contributed by atoms with E-state index >= 15 is 0 Å². The van der Waals surface area contributed by atoms with E-state index in [2.05, 4.69) is 46.6 Å². The molecule has 1 N–H and O–H groups in total. The van der Waals surface area contributed by atoms with Crippen molar-refractivity contribution in [1.29, 1.82) is 0 Å². The molecule has 34 heavy (non-hydrogen) atoms. The van der Waals surface area contributed by atoms with Crippen molar-refractivity contribution < 1.29 is 14.2 Å². The molecule has 0 bridgehead atoms. The molecule has 1 aliphatic rings. The van der Waals surface area contributed by atoms with Crippen LogP contribution in [0.15, 0.2) is 60.7 Å². The van der Waals surface area contributed by atoms with Gasteiger partial charge in [0.25, 0.3) is 0 Å². The molecule has 0 atom stereocenters. The predicted octanol–water partition coefficient (Wildman–Crippen LogP) is 6.21. The number of nitrogens with one attached hydrogen (secondary N) is 1. The molecule has 1 aliphatic heterocycles. The topological polar surface area (TPSA) is 43.0 Å². The van der Waals surface area contributed by atoms with Crippen molar-refractivity contribution in [3.63, 3.8) is 0 Å². The molecule has 5 nitrogen and oxygen atoms in total. The Hall–Kier alpha value is -2.60. The van der Waals surface area contributed by atoms with Crippen molar-refractivity contribution in [3.05, 3.63) is 71.2 Å². The van der Waals surface area contributed by atoms with Crippen LogP contribution in [0, 0.1) is 0 Å². The fourth-order valence-electron chi connectivity index (χ4n) is 4.48. The Kier molecular flexibility index (Phi) is 9.34. The minimum absolute atomic E-state index is 0. The van der Waals surface area contributed by atoms with E-state index in [-0.39, 0.29) is 12.4 Å². The average Bonchev–Trinajstić information content (AvgIpc) is 2.87. The molecular weight excluding hydrogens is 471 g/mol. The van der Waals surface area contributed by atoms with Crippen molar-refractivity contribution in [2.75, 3.05) is 39.3 Å². The fraction of sp³-hybridized carbons (Fsp3) is 0.333. The Morgan fingerprint density at radius 2 is 1.50 bits per heavy atom. The summed E-state index contributed by atoms with van der Waals surface area (Å²) in [7, 11) is 4.90. The lowest BCUT2D eigenvalue weighted by molar-refractivity contribution is 0.324. The zero-order chi connectivity index (χ0) is 23.2. The van der Waals surface area contributed by atoms with E-state index in [1.54, 1.807) is 21.3 Å². The third kappa shape index (κ3) is 5.90. The first-order valence-electron chi connectivity index (χ1n) is 11.2. The van der Waals surface area contributed by atoms with Gasteiger partial charge in [0.1, 0.15) is 0 Å². The van der Waals surface area contributed by atoms with Gasteiger partial charge in [-0.2, -0.15) is 0 Å². The monoisotopic (exact) mass is 502 g/mol. The number of methoxy groups -OCH3 is 3. The summed E-state index contributed by atoms with van der Waals surface area (Å²) in [4.78, 5) is 2.51. The first kappa shape index (κ1) is 26.0. The van der Waals surface area contributed by atoms with E-state index in [1.165, 1.54) is 11.3 Å². The molecule has 0 aliphatic carbocycles. The van der Waals surface area contributed by atoms with Gasteiger partial charge in [0, 0.05) is 23.3 Å². The number of ether oxygens (including phenoxy) is 3. The minimum atomic E-state index is 0. The lowest BCUT2D eigenvalue weighted by atomic mass is 9.99. The number of rotatable bonds is 8. The highest BCUT2D eigenvalue weighted by molar-refractivity contribution is 6.30. The third-order valence-corrected chi connectivity index (χ3v) is 6.44. The lowest BCUT2D eigenvalue weighted by Crippen LogP contribution is -2.43. The van der Waals surface area contributed by atoms with Gasteiger partial charge in [-0.05, 0) is 85.1 Å². The molecule has 1 saturated heterocycles. The van der Waals surface area contributed by atoms with Gasteiger partial charge in [0.15, 0.2) is 11.5 Å². The van der Waals surface area contributed by atoms with E-state index in [9.17, 15) is 0 Å². The van der Waals surface area contributed by atoms with Crippen LogP contribution in [-0.4, -0.2) is 40.5 Å². The summed E-state index contributed by atoms with van der Waals surface area (Å²) >= 11 is 6.16. The molecule has 1 heterocycles. The van der Waals surface area contributed by atoms with E-state index in [0.717, 1.165) is 48.6 Å². The van der Waals surface area contributed by atoms with Crippen molar-refractivity contribution in [2.45, 2.75) is 25.4 Å². The summed E-state index contributed by atoms with van der Waals surface area (Å²) in [6, 6.07) is 21.3. The SMILES string of the molecule is COc1cc(-c2cccc(CN(c3ccc(Cl)cc3)C3CCNCC3)c2)cc(OC)c1OC.Cl. The molecule has 0 saturated carbocycles. The van der Waals surface area contributed by atoms with E-state index in [1.807, 2.05) is 24.3 Å². The number of halogens is 2. The molecule has 1 fully saturated rings. The van der Waals surface area contributed by atoms with Gasteiger partial charge < -0.3 is 24.4 Å². The second-order valence-electron chi connectivity index (χ2n) is 8.20. The summed E-state index contributed by atoms with van der Waals surface area (Å²) in [6.07, 6.45) is 2.24. The minimum Gasteiger partial charge on any atom is -0.493 e. The molecule has 0 unspecified atom stereocenters. The lowest BCUT2D eigenvalue weighted by Gasteiger charge is -2.36. The summed E-state index contributed by atoms with van der Waals surface area (Å²) < 4.78 is 16.6. The van der Waals surface area contributed by atoms with Crippen LogP contribution in [0.4, 0.5) is 5.69 Å². The Morgan fingerprint density at radius 3 is 2.09 bits per heavy atom. The maximum atomic E-state index is 6.16. The number of benzene rings is 3. The number of hydrogen-bond donors (Lipinski definition) is 1. The molecule has 3 aromatic rings. The summed E-state index contributed by atoms with van der Waals surface area (Å²) in [5.74, 6) is 1.89. The molecule has 7 heteroatoms. The van der Waals surface area contributed by atoms with Gasteiger partial charge in [-0.3, -0.25) is 0 Å². The highest BCUT2D eigenvalue weighted by Crippen LogP contribution is 2.41. The average molecular weight is 503 g/mol. The third-order valence-electron chi connectivity index (χ3n) is 6.19. The van der Waals surface area contributed by atoms with Crippen LogP contribution in [0.5, 0.6) is 17.2 Å². The number of piperidine rings is 1. The molecule has 0 spiro atoms. The van der Waals surface area contributed by atoms with Gasteiger partial charge >= 0.3 is 0 Å². The second-order valence-corrected chi connectivity index (χ2v) is 8.64. The van der Waals surface area contributed by atoms with Crippen molar-refractivity contribution in [1.82, 2.24) is 5.32 Å². The van der Waals surface area contributed by atoms with E-state index < -0.39 is 0 Å². The molecule has 0 radical (unpaired) electrons. The first-order valence-corrected chi connectivity index (χ1v) is 11.6. The molecule has 182 valence electrons. The number of anilines is 1. The van der Waals surface area contributed by atoms with Crippen LogP contribution >= 0.6 is 24.0 Å². The molecule has 4 rings (SSSR count). The Balaban J connectivity index is 0.00000324. The Bertz CT molecular complexity index is 1040. The van der Waals surface area contributed by atoms with Crippen LogP contribution in [0.1, 0.15) is 18.4 Å². The largest absolute Gasteiger partial charge is 0.493 e. The highest BCUT2D eigenvalue weighted by Gasteiger charge is 2.22. The van der Waals surface area contributed by atoms with Crippen molar-refractivity contribution in [2.24, 2.45) is 0 Å². The van der Waals surface area contributed by atoms with Gasteiger partial charge in [-0.1, -0.05) is 29.8 Å². The maximum absolute atomic E-state index is 6.16. The van der Waals surface area contributed by atoms with E-state index in [4.69, 9.17) is 25.8 Å². The first-order chi connectivity index (χ1) is 16.1. The van der Waals surface area contributed by atoms with Gasteiger partial charge in [0.05, 0.1) is 21.3 Å². The fourth-order valence-corrected chi connectivity index (χ4v) is 4.60. The van der Waals surface area contributed by atoms with Gasteiger partial charge in [0.2, 0.25) is 5.75 Å². The quantitative estimate of drug-likeness (QED) is 0.396. The Morgan fingerprint density at radius 1 is 0.853 bits per heavy atom. The predicted molar refractivity (Wildman–Crippen MR) is 142 cm³/mol. The molecular formula is C27H32Cl2N2O3. The zero-order valence-corrected chi connectivity index (χ0v) is 21.4. The van der Waals surface area contributed by atoms with Gasteiger partial charge in [-0.25, -0.2) is 0 Å².